The van der Waals surface area contributed by atoms with Crippen molar-refractivity contribution in [3.8, 4) is 0 Å². The lowest BCUT2D eigenvalue weighted by Crippen LogP contribution is -2.47. The van der Waals surface area contributed by atoms with Crippen LogP contribution in [0.15, 0.2) is 12.2 Å². The Kier molecular flexibility index (Phi) is 2.98. The first-order chi connectivity index (χ1) is 7.45. The number of carbonyl (C=O) groups is 1. The van der Waals surface area contributed by atoms with Crippen LogP contribution in [-0.4, -0.2) is 5.78 Å². The van der Waals surface area contributed by atoms with Crippen molar-refractivity contribution in [3.05, 3.63) is 12.2 Å². The van der Waals surface area contributed by atoms with Crippen LogP contribution in [0.5, 0.6) is 0 Å². The van der Waals surface area contributed by atoms with Crippen LogP contribution in [0.25, 0.3) is 0 Å². The molecule has 1 heteroatoms. The van der Waals surface area contributed by atoms with E-state index in [1.165, 1.54) is 18.4 Å². The molecule has 4 atom stereocenters. The van der Waals surface area contributed by atoms with Gasteiger partial charge in [-0.05, 0) is 50.4 Å². The van der Waals surface area contributed by atoms with Crippen LogP contribution in [0.1, 0.15) is 52.9 Å². The van der Waals surface area contributed by atoms with Crippen molar-refractivity contribution in [2.75, 3.05) is 0 Å². The van der Waals surface area contributed by atoms with E-state index in [2.05, 4.69) is 27.4 Å². The number of fused-ring (bicyclic) bond motifs is 1. The first kappa shape index (κ1) is 11.9. The van der Waals surface area contributed by atoms with Gasteiger partial charge in [-0.15, -0.1) is 0 Å². The lowest BCUT2D eigenvalue weighted by molar-refractivity contribution is -0.140. The number of hydrogen-bond acceptors (Lipinski definition) is 1. The smallest absolute Gasteiger partial charge is 0.139 e. The molecule has 0 aliphatic heterocycles. The normalized spacial score (nSPS) is 43.9. The second-order valence-electron chi connectivity index (χ2n) is 6.28. The molecule has 1 nitrogen and oxygen atoms in total. The van der Waals surface area contributed by atoms with E-state index in [1.807, 2.05) is 0 Å². The molecule has 2 rings (SSSR count). The van der Waals surface area contributed by atoms with Gasteiger partial charge >= 0.3 is 0 Å². The number of hydrogen-bond donors (Lipinski definition) is 0. The van der Waals surface area contributed by atoms with Crippen molar-refractivity contribution in [2.24, 2.45) is 23.2 Å². The standard InChI is InChI=1S/C15H24O/c1-10(2)12-7-8-15(4)13(9-12)11(3)5-6-14(15)16/h11-13H,1,5-9H2,2-4H3. The first-order valence-corrected chi connectivity index (χ1v) is 6.64. The second kappa shape index (κ2) is 4.01. The summed E-state index contributed by atoms with van der Waals surface area (Å²) in [6, 6.07) is 0. The van der Waals surface area contributed by atoms with Gasteiger partial charge in [-0.2, -0.15) is 0 Å². The number of allylic oxidation sites excluding steroid dienone is 1. The van der Waals surface area contributed by atoms with Crippen LogP contribution in [0.3, 0.4) is 0 Å². The van der Waals surface area contributed by atoms with Gasteiger partial charge in [-0.1, -0.05) is 26.0 Å². The predicted molar refractivity (Wildman–Crippen MR) is 67.2 cm³/mol. The summed E-state index contributed by atoms with van der Waals surface area (Å²) < 4.78 is 0. The average molecular weight is 220 g/mol. The molecule has 2 fully saturated rings. The number of Topliss-reactive ketones (excluding diaryl/α,β-unsaturated/α-hetero) is 1. The van der Waals surface area contributed by atoms with Gasteiger partial charge in [0.25, 0.3) is 0 Å². The third kappa shape index (κ3) is 1.74. The van der Waals surface area contributed by atoms with Crippen LogP contribution in [0, 0.1) is 23.2 Å². The molecule has 2 aliphatic rings. The van der Waals surface area contributed by atoms with Gasteiger partial charge in [0.2, 0.25) is 0 Å². The Morgan fingerprint density at radius 3 is 2.75 bits per heavy atom. The van der Waals surface area contributed by atoms with E-state index in [0.717, 1.165) is 19.3 Å². The van der Waals surface area contributed by atoms with Crippen LogP contribution in [0.2, 0.25) is 0 Å². The van der Waals surface area contributed by atoms with E-state index in [4.69, 9.17) is 0 Å². The monoisotopic (exact) mass is 220 g/mol. The zero-order valence-corrected chi connectivity index (χ0v) is 10.9. The van der Waals surface area contributed by atoms with Crippen molar-refractivity contribution >= 4 is 5.78 Å². The molecule has 4 unspecified atom stereocenters. The third-order valence-electron chi connectivity index (χ3n) is 5.22. The topological polar surface area (TPSA) is 17.1 Å². The van der Waals surface area contributed by atoms with Gasteiger partial charge in [-0.25, -0.2) is 0 Å². The molecule has 0 spiro atoms. The van der Waals surface area contributed by atoms with Crippen molar-refractivity contribution in [1.82, 2.24) is 0 Å². The van der Waals surface area contributed by atoms with Crippen molar-refractivity contribution in [3.63, 3.8) is 0 Å². The summed E-state index contributed by atoms with van der Waals surface area (Å²) >= 11 is 0. The second-order valence-corrected chi connectivity index (χ2v) is 6.28. The van der Waals surface area contributed by atoms with Gasteiger partial charge in [-0.3, -0.25) is 4.79 Å². The minimum absolute atomic E-state index is 0.0103. The molecule has 90 valence electrons. The summed E-state index contributed by atoms with van der Waals surface area (Å²) in [6.07, 6.45) is 5.35. The summed E-state index contributed by atoms with van der Waals surface area (Å²) in [5, 5.41) is 0. The molecule has 0 aromatic rings. The largest absolute Gasteiger partial charge is 0.299 e. The average Bonchev–Trinajstić information content (AvgIpc) is 2.24. The van der Waals surface area contributed by atoms with Gasteiger partial charge in [0.15, 0.2) is 0 Å². The zero-order valence-electron chi connectivity index (χ0n) is 10.9. The third-order valence-corrected chi connectivity index (χ3v) is 5.22. The Labute approximate surface area is 99.3 Å². The Hall–Kier alpha value is -0.590. The van der Waals surface area contributed by atoms with Crippen LogP contribution < -0.4 is 0 Å². The van der Waals surface area contributed by atoms with E-state index >= 15 is 0 Å². The van der Waals surface area contributed by atoms with E-state index < -0.39 is 0 Å². The summed E-state index contributed by atoms with van der Waals surface area (Å²) in [6.45, 7) is 10.8. The fourth-order valence-corrected chi connectivity index (χ4v) is 3.84. The molecule has 0 saturated heterocycles. The molecular formula is C15H24O. The summed E-state index contributed by atoms with van der Waals surface area (Å²) in [5.74, 6) is 2.50. The Morgan fingerprint density at radius 2 is 2.12 bits per heavy atom. The quantitative estimate of drug-likeness (QED) is 0.611. The van der Waals surface area contributed by atoms with Crippen LogP contribution in [0.4, 0.5) is 0 Å². The number of carbonyl (C=O) groups excluding carboxylic acids is 1. The van der Waals surface area contributed by atoms with Crippen molar-refractivity contribution in [1.29, 1.82) is 0 Å². The van der Waals surface area contributed by atoms with Gasteiger partial charge in [0.05, 0.1) is 0 Å². The van der Waals surface area contributed by atoms with Gasteiger partial charge in [0, 0.05) is 11.8 Å². The SMILES string of the molecule is C=C(C)C1CCC2(C)C(=O)CCC(C)C2C1. The summed E-state index contributed by atoms with van der Waals surface area (Å²) in [5.41, 5.74) is 1.30. The fourth-order valence-electron chi connectivity index (χ4n) is 3.84. The highest BCUT2D eigenvalue weighted by molar-refractivity contribution is 5.85. The lowest BCUT2D eigenvalue weighted by atomic mass is 9.54. The maximum atomic E-state index is 12.1. The maximum Gasteiger partial charge on any atom is 0.139 e. The molecule has 0 bridgehead atoms. The summed E-state index contributed by atoms with van der Waals surface area (Å²) in [7, 11) is 0. The Morgan fingerprint density at radius 1 is 1.44 bits per heavy atom. The van der Waals surface area contributed by atoms with Gasteiger partial charge in [0.1, 0.15) is 5.78 Å². The molecule has 0 N–H and O–H groups in total. The summed E-state index contributed by atoms with van der Waals surface area (Å²) in [4.78, 5) is 12.1. The molecule has 0 heterocycles. The molecule has 2 aliphatic carbocycles. The van der Waals surface area contributed by atoms with Crippen molar-refractivity contribution in [2.45, 2.75) is 52.9 Å². The van der Waals surface area contributed by atoms with Crippen molar-refractivity contribution < 1.29 is 4.79 Å². The molecule has 0 aromatic carbocycles. The first-order valence-electron chi connectivity index (χ1n) is 6.64. The van der Waals surface area contributed by atoms with E-state index in [1.54, 1.807) is 0 Å². The molecule has 0 amide bonds. The highest BCUT2D eigenvalue weighted by Crippen LogP contribution is 2.52. The maximum absolute atomic E-state index is 12.1. The van der Waals surface area contributed by atoms with Crippen LogP contribution >= 0.6 is 0 Å². The predicted octanol–water partition coefficient (Wildman–Crippen LogP) is 3.98. The fraction of sp³-hybridized carbons (Fsp3) is 0.800. The highest BCUT2D eigenvalue weighted by atomic mass is 16.1. The number of rotatable bonds is 1. The lowest BCUT2D eigenvalue weighted by Gasteiger charge is -2.49. The molecule has 0 aromatic heterocycles. The van der Waals surface area contributed by atoms with Gasteiger partial charge < -0.3 is 0 Å². The molecular weight excluding hydrogens is 196 g/mol. The Bertz CT molecular complexity index is 317. The van der Waals surface area contributed by atoms with E-state index in [9.17, 15) is 4.79 Å². The molecule has 2 saturated carbocycles. The van der Waals surface area contributed by atoms with E-state index in [0.29, 0.717) is 23.5 Å². The molecule has 0 radical (unpaired) electrons. The minimum Gasteiger partial charge on any atom is -0.299 e. The van der Waals surface area contributed by atoms with Crippen LogP contribution in [-0.2, 0) is 4.79 Å². The number of ketones is 1. The zero-order chi connectivity index (χ0) is 11.9. The van der Waals surface area contributed by atoms with E-state index in [-0.39, 0.29) is 5.41 Å². The molecule has 16 heavy (non-hydrogen) atoms. The Balaban J connectivity index is 2.21. The highest BCUT2D eigenvalue weighted by Gasteiger charge is 2.49. The minimum atomic E-state index is -0.0103.